The molecule has 1 nitrogen and oxygen atoms in total. The maximum atomic E-state index is 3.86. The van der Waals surface area contributed by atoms with E-state index in [1.165, 1.54) is 37.7 Å². The van der Waals surface area contributed by atoms with E-state index in [-0.39, 0.29) is 0 Å². The number of unbranched alkanes of at least 4 members (excludes halogenated alkanes) is 1. The molecule has 1 N–H and O–H groups in total. The van der Waals surface area contributed by atoms with Gasteiger partial charge in [0.2, 0.25) is 0 Å². The van der Waals surface area contributed by atoms with Crippen LogP contribution in [0.15, 0.2) is 30.3 Å². The van der Waals surface area contributed by atoms with Gasteiger partial charge in [0.25, 0.3) is 0 Å². The van der Waals surface area contributed by atoms with Crippen LogP contribution in [0.5, 0.6) is 0 Å². The van der Waals surface area contributed by atoms with Gasteiger partial charge in [-0.2, -0.15) is 0 Å². The normalized spacial score (nSPS) is 14.4. The van der Waals surface area contributed by atoms with Crippen molar-refractivity contribution in [3.05, 3.63) is 35.9 Å². The summed E-state index contributed by atoms with van der Waals surface area (Å²) in [6.07, 6.45) is 7.67. The summed E-state index contributed by atoms with van der Waals surface area (Å²) in [5.74, 6) is 0. The Kier molecular flexibility index (Phi) is 7.75. The van der Waals surface area contributed by atoms with Crippen LogP contribution in [0.25, 0.3) is 0 Å². The highest BCUT2D eigenvalue weighted by atomic mass is 14.9. The van der Waals surface area contributed by atoms with Gasteiger partial charge in [-0.1, -0.05) is 70.4 Å². The second kappa shape index (κ2) is 9.16. The number of rotatable bonds is 9. The molecule has 0 radical (unpaired) electrons. The van der Waals surface area contributed by atoms with Crippen molar-refractivity contribution in [2.45, 2.75) is 71.4 Å². The molecule has 0 aromatic heterocycles. The molecule has 0 aliphatic carbocycles. The molecule has 0 bridgehead atoms. The smallest absolute Gasteiger partial charge is 0.0320 e. The molecule has 0 fully saturated rings. The maximum Gasteiger partial charge on any atom is 0.0320 e. The third kappa shape index (κ3) is 5.22. The predicted octanol–water partition coefficient (Wildman–Crippen LogP) is 5.09. The molecule has 1 rings (SSSR count). The molecule has 2 unspecified atom stereocenters. The Morgan fingerprint density at radius 1 is 0.944 bits per heavy atom. The topological polar surface area (TPSA) is 12.0 Å². The monoisotopic (exact) mass is 247 g/mol. The minimum atomic E-state index is 0.514. The second-order valence-corrected chi connectivity index (χ2v) is 5.17. The molecule has 0 aliphatic rings. The van der Waals surface area contributed by atoms with Crippen molar-refractivity contribution in [2.75, 3.05) is 0 Å². The minimum Gasteiger partial charge on any atom is -0.307 e. The van der Waals surface area contributed by atoms with Crippen LogP contribution in [0.3, 0.4) is 0 Å². The van der Waals surface area contributed by atoms with Crippen molar-refractivity contribution < 1.29 is 0 Å². The Balaban J connectivity index is 2.58. The van der Waals surface area contributed by atoms with Crippen molar-refractivity contribution in [3.63, 3.8) is 0 Å². The Morgan fingerprint density at radius 2 is 1.67 bits per heavy atom. The molecule has 0 aliphatic heterocycles. The van der Waals surface area contributed by atoms with Gasteiger partial charge in [0.15, 0.2) is 0 Å². The largest absolute Gasteiger partial charge is 0.307 e. The first-order valence-electron chi connectivity index (χ1n) is 7.62. The van der Waals surface area contributed by atoms with E-state index in [1.807, 2.05) is 0 Å². The van der Waals surface area contributed by atoms with E-state index in [1.54, 1.807) is 0 Å². The summed E-state index contributed by atoms with van der Waals surface area (Å²) in [5.41, 5.74) is 1.43. The molecule has 1 aromatic rings. The third-order valence-electron chi connectivity index (χ3n) is 3.59. The van der Waals surface area contributed by atoms with E-state index in [2.05, 4.69) is 56.4 Å². The summed E-state index contributed by atoms with van der Waals surface area (Å²) in [5, 5.41) is 3.86. The van der Waals surface area contributed by atoms with Gasteiger partial charge in [-0.25, -0.2) is 0 Å². The van der Waals surface area contributed by atoms with Crippen LogP contribution >= 0.6 is 0 Å². The fraction of sp³-hybridized carbons (Fsp3) is 0.647. The summed E-state index contributed by atoms with van der Waals surface area (Å²) < 4.78 is 0. The lowest BCUT2D eigenvalue weighted by molar-refractivity contribution is 0.377. The van der Waals surface area contributed by atoms with E-state index in [0.29, 0.717) is 12.1 Å². The SMILES string of the molecule is CCCCC(CCC)NC(CC)c1ccccc1. The van der Waals surface area contributed by atoms with Crippen molar-refractivity contribution in [1.82, 2.24) is 5.32 Å². The zero-order chi connectivity index (χ0) is 13.2. The highest BCUT2D eigenvalue weighted by molar-refractivity contribution is 5.18. The van der Waals surface area contributed by atoms with Crippen LogP contribution in [-0.4, -0.2) is 6.04 Å². The Labute approximate surface area is 113 Å². The molecule has 0 saturated carbocycles. The third-order valence-corrected chi connectivity index (χ3v) is 3.59. The predicted molar refractivity (Wildman–Crippen MR) is 80.8 cm³/mol. The van der Waals surface area contributed by atoms with Crippen molar-refractivity contribution in [2.24, 2.45) is 0 Å². The molecular weight excluding hydrogens is 218 g/mol. The van der Waals surface area contributed by atoms with E-state index in [0.717, 1.165) is 6.42 Å². The minimum absolute atomic E-state index is 0.514. The molecule has 18 heavy (non-hydrogen) atoms. The summed E-state index contributed by atoms with van der Waals surface area (Å²) in [7, 11) is 0. The average molecular weight is 247 g/mol. The van der Waals surface area contributed by atoms with Gasteiger partial charge < -0.3 is 5.32 Å². The first-order chi connectivity index (χ1) is 8.81. The molecule has 0 spiro atoms. The highest BCUT2D eigenvalue weighted by Gasteiger charge is 2.14. The first-order valence-corrected chi connectivity index (χ1v) is 7.62. The molecular formula is C17H29N. The number of hydrogen-bond donors (Lipinski definition) is 1. The van der Waals surface area contributed by atoms with Crippen LogP contribution in [0.2, 0.25) is 0 Å². The van der Waals surface area contributed by atoms with E-state index in [9.17, 15) is 0 Å². The van der Waals surface area contributed by atoms with E-state index < -0.39 is 0 Å². The summed E-state index contributed by atoms with van der Waals surface area (Å²) in [4.78, 5) is 0. The molecule has 0 amide bonds. The standard InChI is InChI=1S/C17H29N/c1-4-7-14-16(11-5-2)18-17(6-3)15-12-9-8-10-13-15/h8-10,12-13,16-18H,4-7,11,14H2,1-3H3. The van der Waals surface area contributed by atoms with Crippen LogP contribution in [-0.2, 0) is 0 Å². The maximum absolute atomic E-state index is 3.86. The second-order valence-electron chi connectivity index (χ2n) is 5.17. The lowest BCUT2D eigenvalue weighted by Crippen LogP contribution is -2.32. The molecule has 0 saturated heterocycles. The van der Waals surface area contributed by atoms with Crippen LogP contribution < -0.4 is 5.32 Å². The lowest BCUT2D eigenvalue weighted by atomic mass is 9.99. The van der Waals surface area contributed by atoms with Gasteiger partial charge in [0.1, 0.15) is 0 Å². The van der Waals surface area contributed by atoms with Crippen molar-refractivity contribution >= 4 is 0 Å². The molecule has 0 heterocycles. The van der Waals surface area contributed by atoms with E-state index >= 15 is 0 Å². The lowest BCUT2D eigenvalue weighted by Gasteiger charge is -2.25. The zero-order valence-corrected chi connectivity index (χ0v) is 12.3. The summed E-state index contributed by atoms with van der Waals surface area (Å²) in [6, 6.07) is 12.0. The fourth-order valence-corrected chi connectivity index (χ4v) is 2.53. The molecule has 102 valence electrons. The molecule has 1 heteroatoms. The Morgan fingerprint density at radius 3 is 2.22 bits per heavy atom. The van der Waals surface area contributed by atoms with Crippen LogP contribution in [0.4, 0.5) is 0 Å². The van der Waals surface area contributed by atoms with Gasteiger partial charge in [-0.15, -0.1) is 0 Å². The van der Waals surface area contributed by atoms with Crippen molar-refractivity contribution in [3.8, 4) is 0 Å². The highest BCUT2D eigenvalue weighted by Crippen LogP contribution is 2.19. The molecule has 1 aromatic carbocycles. The van der Waals surface area contributed by atoms with Gasteiger partial charge in [0, 0.05) is 12.1 Å². The fourth-order valence-electron chi connectivity index (χ4n) is 2.53. The van der Waals surface area contributed by atoms with Gasteiger partial charge in [0.05, 0.1) is 0 Å². The van der Waals surface area contributed by atoms with Gasteiger partial charge in [-0.3, -0.25) is 0 Å². The summed E-state index contributed by atoms with van der Waals surface area (Å²) >= 11 is 0. The quantitative estimate of drug-likeness (QED) is 0.641. The first kappa shape index (κ1) is 15.2. The summed E-state index contributed by atoms with van der Waals surface area (Å²) in [6.45, 7) is 6.83. The Bertz CT molecular complexity index is 294. The number of benzene rings is 1. The zero-order valence-electron chi connectivity index (χ0n) is 12.3. The van der Waals surface area contributed by atoms with Crippen LogP contribution in [0, 0.1) is 0 Å². The average Bonchev–Trinajstić information content (AvgIpc) is 2.43. The molecule has 2 atom stereocenters. The van der Waals surface area contributed by atoms with E-state index in [4.69, 9.17) is 0 Å². The Hall–Kier alpha value is -0.820. The van der Waals surface area contributed by atoms with Crippen LogP contribution in [0.1, 0.15) is 70.9 Å². The van der Waals surface area contributed by atoms with Gasteiger partial charge >= 0.3 is 0 Å². The number of nitrogens with one attached hydrogen (secondary N) is 1. The van der Waals surface area contributed by atoms with Crippen molar-refractivity contribution in [1.29, 1.82) is 0 Å². The number of hydrogen-bond acceptors (Lipinski definition) is 1. The van der Waals surface area contributed by atoms with Gasteiger partial charge in [-0.05, 0) is 24.8 Å².